The maximum atomic E-state index is 12.2. The van der Waals surface area contributed by atoms with Gasteiger partial charge >= 0.3 is 0 Å². The number of amides is 1. The lowest BCUT2D eigenvalue weighted by Crippen LogP contribution is -2.50. The molecule has 1 amide bonds. The van der Waals surface area contributed by atoms with Crippen molar-refractivity contribution in [2.45, 2.75) is 25.9 Å². The minimum absolute atomic E-state index is 0.152. The van der Waals surface area contributed by atoms with Crippen molar-refractivity contribution in [1.29, 1.82) is 0 Å². The summed E-state index contributed by atoms with van der Waals surface area (Å²) >= 11 is 0. The first kappa shape index (κ1) is 16.6. The molecule has 1 atom stereocenters. The van der Waals surface area contributed by atoms with Gasteiger partial charge in [-0.2, -0.15) is 0 Å². The van der Waals surface area contributed by atoms with Gasteiger partial charge in [0.25, 0.3) is 0 Å². The predicted molar refractivity (Wildman–Crippen MR) is 84.5 cm³/mol. The number of anilines is 1. The average molecular weight is 307 g/mol. The Bertz CT molecular complexity index is 449. The third-order valence-electron chi connectivity index (χ3n) is 3.85. The van der Waals surface area contributed by atoms with Gasteiger partial charge in [-0.05, 0) is 12.5 Å². The summed E-state index contributed by atoms with van der Waals surface area (Å²) in [6, 6.07) is 1.76. The fraction of sp³-hybridized carbons (Fsp3) is 0.667. The maximum absolute atomic E-state index is 12.2. The summed E-state index contributed by atoms with van der Waals surface area (Å²) in [6.45, 7) is 6.35. The fourth-order valence-corrected chi connectivity index (χ4v) is 2.44. The zero-order valence-corrected chi connectivity index (χ0v) is 13.1. The average Bonchev–Trinajstić information content (AvgIpc) is 2.56. The molecule has 1 aliphatic rings. The van der Waals surface area contributed by atoms with Gasteiger partial charge in [0.15, 0.2) is 0 Å². The number of carbonyl (C=O) groups is 1. The number of rotatable bonds is 7. The molecule has 7 nitrogen and oxygen atoms in total. The van der Waals surface area contributed by atoms with E-state index in [9.17, 15) is 9.90 Å². The van der Waals surface area contributed by atoms with E-state index in [1.54, 1.807) is 18.5 Å². The molecule has 0 saturated carbocycles. The van der Waals surface area contributed by atoms with Crippen LogP contribution in [0, 0.1) is 0 Å². The van der Waals surface area contributed by atoms with E-state index in [-0.39, 0.29) is 12.0 Å². The first-order valence-electron chi connectivity index (χ1n) is 7.88. The van der Waals surface area contributed by atoms with Gasteiger partial charge in [0.2, 0.25) is 11.9 Å². The van der Waals surface area contributed by atoms with Crippen LogP contribution in [0.5, 0.6) is 0 Å². The lowest BCUT2D eigenvalue weighted by molar-refractivity contribution is -0.132. The molecule has 2 N–H and O–H groups in total. The van der Waals surface area contributed by atoms with Crippen molar-refractivity contribution in [2.75, 3.05) is 44.6 Å². The van der Waals surface area contributed by atoms with E-state index in [1.807, 2.05) is 11.8 Å². The molecule has 0 radical (unpaired) electrons. The van der Waals surface area contributed by atoms with Crippen molar-refractivity contribution in [2.24, 2.45) is 0 Å². The van der Waals surface area contributed by atoms with E-state index in [0.29, 0.717) is 25.5 Å². The summed E-state index contributed by atoms with van der Waals surface area (Å²) in [4.78, 5) is 24.4. The number of piperazine rings is 1. The van der Waals surface area contributed by atoms with Crippen LogP contribution in [0.1, 0.15) is 19.8 Å². The Morgan fingerprint density at radius 3 is 2.64 bits per heavy atom. The standard InChI is InChI=1S/C15H25N5O2/c1-2-13(21)12-19-8-10-20(11-9-19)14(22)4-7-18-15-16-5-3-6-17-15/h3,5-6,13,21H,2,4,7-12H2,1H3,(H,16,17,18)/t13-/m0/s1. The highest BCUT2D eigenvalue weighted by Gasteiger charge is 2.21. The van der Waals surface area contributed by atoms with Gasteiger partial charge < -0.3 is 15.3 Å². The Hall–Kier alpha value is -1.73. The lowest BCUT2D eigenvalue weighted by Gasteiger charge is -2.35. The molecular weight excluding hydrogens is 282 g/mol. The molecule has 122 valence electrons. The van der Waals surface area contributed by atoms with Crippen molar-refractivity contribution >= 4 is 11.9 Å². The molecule has 1 aliphatic heterocycles. The van der Waals surface area contributed by atoms with Crippen LogP contribution in [-0.4, -0.2) is 76.2 Å². The third-order valence-corrected chi connectivity index (χ3v) is 3.85. The van der Waals surface area contributed by atoms with Crippen LogP contribution in [-0.2, 0) is 4.79 Å². The smallest absolute Gasteiger partial charge is 0.224 e. The molecule has 0 bridgehead atoms. The normalized spacial score (nSPS) is 17.3. The second kappa shape index (κ2) is 8.65. The summed E-state index contributed by atoms with van der Waals surface area (Å²) in [5.74, 6) is 0.702. The maximum Gasteiger partial charge on any atom is 0.224 e. The molecule has 0 unspecified atom stereocenters. The highest BCUT2D eigenvalue weighted by molar-refractivity contribution is 5.76. The van der Waals surface area contributed by atoms with E-state index in [0.717, 1.165) is 32.6 Å². The van der Waals surface area contributed by atoms with E-state index < -0.39 is 0 Å². The molecule has 1 aromatic rings. The van der Waals surface area contributed by atoms with Crippen LogP contribution >= 0.6 is 0 Å². The molecule has 1 saturated heterocycles. The second-order valence-electron chi connectivity index (χ2n) is 5.49. The molecule has 1 fully saturated rings. The zero-order chi connectivity index (χ0) is 15.8. The largest absolute Gasteiger partial charge is 0.392 e. The van der Waals surface area contributed by atoms with Gasteiger partial charge in [0.05, 0.1) is 6.10 Å². The highest BCUT2D eigenvalue weighted by atomic mass is 16.3. The molecule has 0 aromatic carbocycles. The van der Waals surface area contributed by atoms with Gasteiger partial charge in [-0.15, -0.1) is 0 Å². The number of β-amino-alcohol motifs (C(OH)–C–C–N with tert-alkyl or cyclic N) is 1. The molecule has 1 aromatic heterocycles. The Kier molecular flexibility index (Phi) is 6.54. The number of hydrogen-bond acceptors (Lipinski definition) is 6. The SMILES string of the molecule is CC[C@H](O)CN1CCN(C(=O)CCNc2ncccn2)CC1. The summed E-state index contributed by atoms with van der Waals surface area (Å²) in [5.41, 5.74) is 0. The Balaban J connectivity index is 1.65. The second-order valence-corrected chi connectivity index (χ2v) is 5.49. The van der Waals surface area contributed by atoms with Crippen molar-refractivity contribution in [3.8, 4) is 0 Å². The van der Waals surface area contributed by atoms with Crippen molar-refractivity contribution in [3.05, 3.63) is 18.5 Å². The molecular formula is C15H25N5O2. The number of aliphatic hydroxyl groups is 1. The Morgan fingerprint density at radius 2 is 2.00 bits per heavy atom. The lowest BCUT2D eigenvalue weighted by atomic mass is 10.2. The fourth-order valence-electron chi connectivity index (χ4n) is 2.44. The number of aromatic nitrogens is 2. The minimum Gasteiger partial charge on any atom is -0.392 e. The summed E-state index contributed by atoms with van der Waals surface area (Å²) in [7, 11) is 0. The van der Waals surface area contributed by atoms with Crippen LogP contribution in [0.3, 0.4) is 0 Å². The molecule has 7 heteroatoms. The first-order chi connectivity index (χ1) is 10.7. The Morgan fingerprint density at radius 1 is 1.32 bits per heavy atom. The van der Waals surface area contributed by atoms with Crippen molar-refractivity contribution < 1.29 is 9.90 Å². The highest BCUT2D eigenvalue weighted by Crippen LogP contribution is 2.06. The van der Waals surface area contributed by atoms with Gasteiger partial charge in [0.1, 0.15) is 0 Å². The quantitative estimate of drug-likeness (QED) is 0.748. The number of aliphatic hydroxyl groups excluding tert-OH is 1. The van der Waals surface area contributed by atoms with Crippen LogP contribution in [0.4, 0.5) is 5.95 Å². The first-order valence-corrected chi connectivity index (χ1v) is 7.88. The van der Waals surface area contributed by atoms with Crippen molar-refractivity contribution in [1.82, 2.24) is 19.8 Å². The number of nitrogens with one attached hydrogen (secondary N) is 1. The van der Waals surface area contributed by atoms with E-state index in [4.69, 9.17) is 0 Å². The van der Waals surface area contributed by atoms with Crippen molar-refractivity contribution in [3.63, 3.8) is 0 Å². The minimum atomic E-state index is -0.266. The number of carbonyl (C=O) groups excluding carboxylic acids is 1. The van der Waals surface area contributed by atoms with Crippen LogP contribution < -0.4 is 5.32 Å². The number of hydrogen-bond donors (Lipinski definition) is 2. The summed E-state index contributed by atoms with van der Waals surface area (Å²) in [5, 5.41) is 12.7. The van der Waals surface area contributed by atoms with Gasteiger partial charge in [-0.25, -0.2) is 9.97 Å². The zero-order valence-electron chi connectivity index (χ0n) is 13.1. The topological polar surface area (TPSA) is 81.6 Å². The summed E-state index contributed by atoms with van der Waals surface area (Å²) < 4.78 is 0. The van der Waals surface area contributed by atoms with Gasteiger partial charge in [0, 0.05) is 58.1 Å². The van der Waals surface area contributed by atoms with Gasteiger partial charge in [-0.3, -0.25) is 9.69 Å². The predicted octanol–water partition coefficient (Wildman–Crippen LogP) is 0.194. The van der Waals surface area contributed by atoms with Crippen LogP contribution in [0.15, 0.2) is 18.5 Å². The third kappa shape index (κ3) is 5.23. The molecule has 0 spiro atoms. The molecule has 2 heterocycles. The molecule has 2 rings (SSSR count). The van der Waals surface area contributed by atoms with E-state index in [2.05, 4.69) is 20.2 Å². The molecule has 22 heavy (non-hydrogen) atoms. The van der Waals surface area contributed by atoms with Crippen LogP contribution in [0.2, 0.25) is 0 Å². The van der Waals surface area contributed by atoms with Crippen LogP contribution in [0.25, 0.3) is 0 Å². The van der Waals surface area contributed by atoms with E-state index in [1.165, 1.54) is 0 Å². The monoisotopic (exact) mass is 307 g/mol. The number of nitrogens with zero attached hydrogens (tertiary/aromatic N) is 4. The van der Waals surface area contributed by atoms with E-state index >= 15 is 0 Å². The van der Waals surface area contributed by atoms with Gasteiger partial charge in [-0.1, -0.05) is 6.92 Å². The Labute approximate surface area is 131 Å². The molecule has 0 aliphatic carbocycles. The summed E-state index contributed by atoms with van der Waals surface area (Å²) in [6.07, 6.45) is 4.28.